The van der Waals surface area contributed by atoms with E-state index >= 15 is 0 Å². The molecule has 11 heteroatoms. The van der Waals surface area contributed by atoms with Gasteiger partial charge in [0.25, 0.3) is 0 Å². The number of aromatic nitrogens is 3. The fourth-order valence-electron chi connectivity index (χ4n) is 6.59. The van der Waals surface area contributed by atoms with Gasteiger partial charge in [-0.05, 0) is 68.6 Å². The lowest BCUT2D eigenvalue weighted by molar-refractivity contribution is -0.138. The molecule has 3 aliphatic rings. The summed E-state index contributed by atoms with van der Waals surface area (Å²) in [5, 5.41) is 0.893. The predicted octanol–water partition coefficient (Wildman–Crippen LogP) is 3.91. The number of likely N-dealkylation sites (tertiary alicyclic amines) is 2. The maximum Gasteiger partial charge on any atom is 0.329 e. The third-order valence-electron chi connectivity index (χ3n) is 8.98. The minimum atomic E-state index is -0.0297. The van der Waals surface area contributed by atoms with E-state index in [0.29, 0.717) is 29.7 Å². The Morgan fingerprint density at radius 2 is 1.51 bits per heavy atom. The summed E-state index contributed by atoms with van der Waals surface area (Å²) in [6.45, 7) is 8.62. The number of morpholine rings is 1. The highest BCUT2D eigenvalue weighted by atomic mass is 35.5. The van der Waals surface area contributed by atoms with Gasteiger partial charge in [-0.1, -0.05) is 23.2 Å². The molecule has 1 aromatic carbocycles. The van der Waals surface area contributed by atoms with E-state index in [1.807, 2.05) is 38.6 Å². The standard InChI is InChI=1S/C30H38Cl2N6O3/c31-25-19-27-28(20-26(25)32)38(30(40)37(27)14-13-34-15-17-41-18-16-34)24-5-11-36(12-6-24)29(39)23-3-9-35(10-4-23)21-22-1-7-33-8-2-22/h1-2,7-8,19-20,23-24H,3-6,9-18,21H2. The van der Waals surface area contributed by atoms with Gasteiger partial charge in [-0.3, -0.25) is 28.7 Å². The molecule has 0 spiro atoms. The summed E-state index contributed by atoms with van der Waals surface area (Å²) in [4.78, 5) is 38.1. The molecule has 0 bridgehead atoms. The highest BCUT2D eigenvalue weighted by Crippen LogP contribution is 2.32. The molecular weight excluding hydrogens is 563 g/mol. The maximum atomic E-state index is 13.8. The number of nitrogens with zero attached hydrogens (tertiary/aromatic N) is 6. The average Bonchev–Trinajstić information content (AvgIpc) is 3.27. The first kappa shape index (κ1) is 28.7. The number of amides is 1. The molecule has 6 rings (SSSR count). The number of ether oxygens (including phenoxy) is 1. The molecule has 41 heavy (non-hydrogen) atoms. The van der Waals surface area contributed by atoms with Gasteiger partial charge in [-0.25, -0.2) is 4.79 Å². The van der Waals surface area contributed by atoms with E-state index in [0.717, 1.165) is 89.2 Å². The van der Waals surface area contributed by atoms with Crippen LogP contribution in [0.15, 0.2) is 41.5 Å². The molecule has 0 radical (unpaired) electrons. The Morgan fingerprint density at radius 1 is 0.854 bits per heavy atom. The molecule has 3 aliphatic heterocycles. The predicted molar refractivity (Wildman–Crippen MR) is 161 cm³/mol. The van der Waals surface area contributed by atoms with Crippen molar-refractivity contribution in [1.29, 1.82) is 0 Å². The lowest BCUT2D eigenvalue weighted by atomic mass is 9.93. The number of benzene rings is 1. The fourth-order valence-corrected chi connectivity index (χ4v) is 6.91. The molecule has 220 valence electrons. The minimum absolute atomic E-state index is 0.0122. The summed E-state index contributed by atoms with van der Waals surface area (Å²) in [6.07, 6.45) is 6.93. The van der Waals surface area contributed by atoms with Crippen LogP contribution in [0.4, 0.5) is 0 Å². The molecule has 3 fully saturated rings. The van der Waals surface area contributed by atoms with Crippen LogP contribution in [0, 0.1) is 5.92 Å². The lowest BCUT2D eigenvalue weighted by Crippen LogP contribution is -2.46. The van der Waals surface area contributed by atoms with Crippen molar-refractivity contribution in [3.8, 4) is 0 Å². The van der Waals surface area contributed by atoms with E-state index in [4.69, 9.17) is 27.9 Å². The molecule has 9 nitrogen and oxygen atoms in total. The number of carbonyl (C=O) groups excluding carboxylic acids is 1. The summed E-state index contributed by atoms with van der Waals surface area (Å²) >= 11 is 12.8. The normalized spacial score (nSPS) is 20.2. The molecule has 3 saturated heterocycles. The Balaban J connectivity index is 1.10. The zero-order chi connectivity index (χ0) is 28.3. The highest BCUT2D eigenvalue weighted by molar-refractivity contribution is 6.42. The maximum absolute atomic E-state index is 13.8. The van der Waals surface area contributed by atoms with Crippen molar-refractivity contribution in [3.63, 3.8) is 0 Å². The fraction of sp³-hybridized carbons (Fsp3) is 0.567. The summed E-state index contributed by atoms with van der Waals surface area (Å²) in [5.74, 6) is 0.341. The zero-order valence-electron chi connectivity index (χ0n) is 23.4. The molecular formula is C30H38Cl2N6O3. The summed E-state index contributed by atoms with van der Waals surface area (Å²) < 4.78 is 9.21. The number of rotatable bonds is 7. The summed E-state index contributed by atoms with van der Waals surface area (Å²) in [6, 6.07) is 7.76. The van der Waals surface area contributed by atoms with Gasteiger partial charge in [0.2, 0.25) is 5.91 Å². The second kappa shape index (κ2) is 12.8. The second-order valence-corrected chi connectivity index (χ2v) is 12.3. The van der Waals surface area contributed by atoms with Crippen molar-refractivity contribution in [1.82, 2.24) is 28.8 Å². The number of fused-ring (bicyclic) bond motifs is 1. The van der Waals surface area contributed by atoms with E-state index in [1.54, 1.807) is 0 Å². The van der Waals surface area contributed by atoms with Crippen LogP contribution >= 0.6 is 23.2 Å². The number of imidazole rings is 1. The smallest absolute Gasteiger partial charge is 0.329 e. The molecule has 5 heterocycles. The van der Waals surface area contributed by atoms with Crippen LogP contribution in [0.25, 0.3) is 11.0 Å². The van der Waals surface area contributed by atoms with Crippen LogP contribution in [-0.4, -0.2) is 93.8 Å². The highest BCUT2D eigenvalue weighted by Gasteiger charge is 2.32. The Morgan fingerprint density at radius 3 is 2.20 bits per heavy atom. The van der Waals surface area contributed by atoms with Crippen molar-refractivity contribution in [2.24, 2.45) is 5.92 Å². The van der Waals surface area contributed by atoms with Gasteiger partial charge in [0.15, 0.2) is 0 Å². The second-order valence-electron chi connectivity index (χ2n) is 11.5. The lowest BCUT2D eigenvalue weighted by Gasteiger charge is -2.37. The third kappa shape index (κ3) is 6.34. The number of hydrogen-bond donors (Lipinski definition) is 0. The van der Waals surface area contributed by atoms with Crippen molar-refractivity contribution in [2.75, 3.05) is 59.0 Å². The Labute approximate surface area is 250 Å². The van der Waals surface area contributed by atoms with Crippen LogP contribution in [-0.2, 0) is 22.6 Å². The number of pyridine rings is 1. The minimum Gasteiger partial charge on any atom is -0.379 e. The van der Waals surface area contributed by atoms with Gasteiger partial charge in [0.05, 0.1) is 34.3 Å². The van der Waals surface area contributed by atoms with Crippen molar-refractivity contribution in [3.05, 3.63) is 62.8 Å². The molecule has 0 N–H and O–H groups in total. The van der Waals surface area contributed by atoms with Crippen LogP contribution in [0.3, 0.4) is 0 Å². The van der Waals surface area contributed by atoms with Crippen molar-refractivity contribution < 1.29 is 9.53 Å². The number of piperidine rings is 2. The van der Waals surface area contributed by atoms with Crippen LogP contribution in [0.5, 0.6) is 0 Å². The zero-order valence-corrected chi connectivity index (χ0v) is 24.9. The Bertz CT molecular complexity index is 1410. The van der Waals surface area contributed by atoms with Gasteiger partial charge in [-0.2, -0.15) is 0 Å². The van der Waals surface area contributed by atoms with E-state index < -0.39 is 0 Å². The quantitative estimate of drug-likeness (QED) is 0.409. The third-order valence-corrected chi connectivity index (χ3v) is 9.70. The molecule has 0 unspecified atom stereocenters. The Hall–Kier alpha value is -2.43. The van der Waals surface area contributed by atoms with E-state index in [2.05, 4.69) is 26.9 Å². The molecule has 0 saturated carbocycles. The van der Waals surface area contributed by atoms with Gasteiger partial charge >= 0.3 is 5.69 Å². The van der Waals surface area contributed by atoms with Gasteiger partial charge in [0, 0.05) is 70.2 Å². The first-order valence-electron chi connectivity index (χ1n) is 14.8. The molecule has 0 aliphatic carbocycles. The number of halogens is 2. The van der Waals surface area contributed by atoms with Crippen LogP contribution in [0.1, 0.15) is 37.3 Å². The van der Waals surface area contributed by atoms with E-state index in [1.165, 1.54) is 5.56 Å². The molecule has 2 aromatic heterocycles. The van der Waals surface area contributed by atoms with Crippen molar-refractivity contribution in [2.45, 2.75) is 44.8 Å². The number of hydrogen-bond acceptors (Lipinski definition) is 6. The Kier molecular flexibility index (Phi) is 8.98. The van der Waals surface area contributed by atoms with Crippen LogP contribution < -0.4 is 5.69 Å². The topological polar surface area (TPSA) is 75.8 Å². The number of carbonyl (C=O) groups is 1. The van der Waals surface area contributed by atoms with E-state index in [9.17, 15) is 9.59 Å². The van der Waals surface area contributed by atoms with Gasteiger partial charge in [0.1, 0.15) is 0 Å². The molecule has 1 amide bonds. The average molecular weight is 602 g/mol. The first-order valence-corrected chi connectivity index (χ1v) is 15.5. The van der Waals surface area contributed by atoms with Crippen molar-refractivity contribution >= 4 is 40.1 Å². The SMILES string of the molecule is O=C(C1CCN(Cc2ccncc2)CC1)N1CCC(n2c(=O)n(CCN3CCOCC3)c3cc(Cl)c(Cl)cc32)CC1. The largest absolute Gasteiger partial charge is 0.379 e. The van der Waals surface area contributed by atoms with Gasteiger partial charge in [-0.15, -0.1) is 0 Å². The summed E-state index contributed by atoms with van der Waals surface area (Å²) in [7, 11) is 0. The van der Waals surface area contributed by atoms with Crippen LogP contribution in [0.2, 0.25) is 10.0 Å². The van der Waals surface area contributed by atoms with E-state index in [-0.39, 0.29) is 23.6 Å². The van der Waals surface area contributed by atoms with Gasteiger partial charge < -0.3 is 9.64 Å². The first-order chi connectivity index (χ1) is 20.0. The molecule has 3 aromatic rings. The summed E-state index contributed by atoms with van der Waals surface area (Å²) in [5.41, 5.74) is 2.86. The monoisotopic (exact) mass is 600 g/mol. The molecule has 0 atom stereocenters.